The van der Waals surface area contributed by atoms with E-state index in [1.807, 2.05) is 7.05 Å². The maximum absolute atomic E-state index is 4.33. The first-order chi connectivity index (χ1) is 9.03. The van der Waals surface area contributed by atoms with E-state index in [-0.39, 0.29) is 5.54 Å². The van der Waals surface area contributed by atoms with Crippen molar-refractivity contribution in [3.8, 4) is 0 Å². The zero-order valence-corrected chi connectivity index (χ0v) is 13.0. The Morgan fingerprint density at radius 2 is 1.89 bits per heavy atom. The maximum atomic E-state index is 4.33. The highest BCUT2D eigenvalue weighted by atomic mass is 15.3. The molecule has 0 aromatic carbocycles. The second kappa shape index (κ2) is 6.12. The summed E-state index contributed by atoms with van der Waals surface area (Å²) in [5, 5.41) is 6.98. The van der Waals surface area contributed by atoms with Gasteiger partial charge in [0.15, 0.2) is 5.96 Å². The van der Waals surface area contributed by atoms with Crippen molar-refractivity contribution in [2.24, 2.45) is 10.9 Å². The fraction of sp³-hybridized carbons (Fsp3) is 0.933. The third-order valence-electron chi connectivity index (χ3n) is 4.56. The maximum Gasteiger partial charge on any atom is 0.191 e. The molecule has 2 aliphatic rings. The summed E-state index contributed by atoms with van der Waals surface area (Å²) in [6.07, 6.45) is 5.35. The lowest BCUT2D eigenvalue weighted by Gasteiger charge is -2.41. The van der Waals surface area contributed by atoms with Gasteiger partial charge < -0.3 is 10.6 Å². The first-order valence-corrected chi connectivity index (χ1v) is 7.75. The molecule has 2 fully saturated rings. The minimum absolute atomic E-state index is 0.202. The predicted octanol–water partition coefficient (Wildman–Crippen LogP) is 1.82. The fourth-order valence-corrected chi connectivity index (χ4v) is 2.80. The van der Waals surface area contributed by atoms with Gasteiger partial charge >= 0.3 is 0 Å². The van der Waals surface area contributed by atoms with Crippen molar-refractivity contribution in [2.75, 3.05) is 26.7 Å². The summed E-state index contributed by atoms with van der Waals surface area (Å²) in [4.78, 5) is 6.93. The minimum atomic E-state index is 0.202. The number of nitrogens with zero attached hydrogens (tertiary/aromatic N) is 2. The van der Waals surface area contributed by atoms with E-state index in [0.717, 1.165) is 18.4 Å². The van der Waals surface area contributed by atoms with Gasteiger partial charge in [0.05, 0.1) is 0 Å². The van der Waals surface area contributed by atoms with E-state index in [9.17, 15) is 0 Å². The molecule has 0 bridgehead atoms. The van der Waals surface area contributed by atoms with E-state index in [4.69, 9.17) is 0 Å². The smallest absolute Gasteiger partial charge is 0.191 e. The van der Waals surface area contributed by atoms with Crippen LogP contribution in [0, 0.1) is 5.92 Å². The quantitative estimate of drug-likeness (QED) is 0.602. The minimum Gasteiger partial charge on any atom is -0.355 e. The molecule has 110 valence electrons. The third-order valence-corrected chi connectivity index (χ3v) is 4.56. The van der Waals surface area contributed by atoms with Crippen LogP contribution < -0.4 is 10.6 Å². The van der Waals surface area contributed by atoms with Gasteiger partial charge in [-0.25, -0.2) is 0 Å². The molecule has 1 aliphatic carbocycles. The Morgan fingerprint density at radius 1 is 1.26 bits per heavy atom. The van der Waals surface area contributed by atoms with Crippen LogP contribution in [-0.4, -0.2) is 49.1 Å². The topological polar surface area (TPSA) is 39.7 Å². The Bertz CT molecular complexity index is 318. The highest BCUT2D eigenvalue weighted by molar-refractivity contribution is 5.80. The van der Waals surface area contributed by atoms with Crippen LogP contribution in [0.25, 0.3) is 0 Å². The van der Waals surface area contributed by atoms with Gasteiger partial charge in [0.2, 0.25) is 0 Å². The first-order valence-electron chi connectivity index (χ1n) is 7.75. The number of hydrogen-bond acceptors (Lipinski definition) is 2. The normalized spacial score (nSPS) is 29.2. The molecule has 0 aromatic heterocycles. The number of rotatable bonds is 4. The number of nitrogens with one attached hydrogen (secondary N) is 2. The standard InChI is InChI=1S/C15H30N4/c1-12-10-13(12)18-14(16-4)17-11-15(2,3)19-8-6-5-7-9-19/h12-13H,5-11H2,1-4H3,(H2,16,17,18). The highest BCUT2D eigenvalue weighted by Gasteiger charge is 2.34. The van der Waals surface area contributed by atoms with E-state index in [1.54, 1.807) is 0 Å². The van der Waals surface area contributed by atoms with Crippen LogP contribution in [0.1, 0.15) is 46.5 Å². The molecule has 19 heavy (non-hydrogen) atoms. The molecule has 2 N–H and O–H groups in total. The summed E-state index contributed by atoms with van der Waals surface area (Å²) in [7, 11) is 1.86. The summed E-state index contributed by atoms with van der Waals surface area (Å²) in [6.45, 7) is 10.4. The SMILES string of the molecule is CN=C(NCC(C)(C)N1CCCCC1)NC1CC1C. The summed E-state index contributed by atoms with van der Waals surface area (Å²) < 4.78 is 0. The van der Waals surface area contributed by atoms with Crippen LogP contribution in [0.4, 0.5) is 0 Å². The number of aliphatic imine (C=N–C) groups is 1. The van der Waals surface area contributed by atoms with Gasteiger partial charge in [-0.2, -0.15) is 0 Å². The van der Waals surface area contributed by atoms with E-state index in [0.29, 0.717) is 6.04 Å². The molecule has 0 amide bonds. The second-order valence-electron chi connectivity index (χ2n) is 6.75. The molecular formula is C15H30N4. The molecule has 1 heterocycles. The molecule has 0 aromatic rings. The van der Waals surface area contributed by atoms with Crippen LogP contribution in [0.15, 0.2) is 4.99 Å². The van der Waals surface area contributed by atoms with Crippen LogP contribution >= 0.6 is 0 Å². The van der Waals surface area contributed by atoms with Gasteiger partial charge in [0.1, 0.15) is 0 Å². The molecule has 1 saturated carbocycles. The molecule has 4 heteroatoms. The average molecular weight is 266 g/mol. The van der Waals surface area contributed by atoms with Crippen molar-refractivity contribution in [3.05, 3.63) is 0 Å². The zero-order valence-electron chi connectivity index (χ0n) is 13.0. The van der Waals surface area contributed by atoms with Gasteiger partial charge in [-0.3, -0.25) is 9.89 Å². The van der Waals surface area contributed by atoms with Crippen molar-refractivity contribution >= 4 is 5.96 Å². The first kappa shape index (κ1) is 14.6. The van der Waals surface area contributed by atoms with Gasteiger partial charge in [-0.1, -0.05) is 13.3 Å². The molecular weight excluding hydrogens is 236 g/mol. The lowest BCUT2D eigenvalue weighted by Crippen LogP contribution is -2.55. The molecule has 2 unspecified atom stereocenters. The largest absolute Gasteiger partial charge is 0.355 e. The van der Waals surface area contributed by atoms with E-state index >= 15 is 0 Å². The molecule has 2 rings (SSSR count). The lowest BCUT2D eigenvalue weighted by molar-refractivity contribution is 0.0982. The van der Waals surface area contributed by atoms with E-state index in [2.05, 4.69) is 41.3 Å². The molecule has 0 spiro atoms. The molecule has 0 radical (unpaired) electrons. The van der Waals surface area contributed by atoms with Crippen molar-refractivity contribution in [3.63, 3.8) is 0 Å². The summed E-state index contributed by atoms with van der Waals surface area (Å²) in [5.41, 5.74) is 0.202. The Kier molecular flexibility index (Phi) is 4.71. The van der Waals surface area contributed by atoms with Crippen molar-refractivity contribution in [1.29, 1.82) is 0 Å². The number of guanidine groups is 1. The lowest BCUT2D eigenvalue weighted by atomic mass is 9.98. The summed E-state index contributed by atoms with van der Waals surface area (Å²) >= 11 is 0. The number of piperidine rings is 1. The van der Waals surface area contributed by atoms with Crippen LogP contribution in [0.2, 0.25) is 0 Å². The monoisotopic (exact) mass is 266 g/mol. The zero-order chi connectivity index (χ0) is 13.9. The van der Waals surface area contributed by atoms with Crippen LogP contribution in [0.3, 0.4) is 0 Å². The Balaban J connectivity index is 1.78. The van der Waals surface area contributed by atoms with Crippen molar-refractivity contribution in [1.82, 2.24) is 15.5 Å². The molecule has 4 nitrogen and oxygen atoms in total. The Morgan fingerprint density at radius 3 is 2.42 bits per heavy atom. The van der Waals surface area contributed by atoms with Crippen LogP contribution in [0.5, 0.6) is 0 Å². The van der Waals surface area contributed by atoms with Crippen LogP contribution in [-0.2, 0) is 0 Å². The summed E-state index contributed by atoms with van der Waals surface area (Å²) in [6, 6.07) is 0.629. The van der Waals surface area contributed by atoms with Gasteiger partial charge in [-0.05, 0) is 52.1 Å². The average Bonchev–Trinajstić information content (AvgIpc) is 3.11. The Labute approximate surface area is 118 Å². The van der Waals surface area contributed by atoms with E-state index in [1.165, 1.54) is 38.8 Å². The predicted molar refractivity (Wildman–Crippen MR) is 81.6 cm³/mol. The fourth-order valence-electron chi connectivity index (χ4n) is 2.80. The second-order valence-corrected chi connectivity index (χ2v) is 6.75. The van der Waals surface area contributed by atoms with Crippen molar-refractivity contribution in [2.45, 2.75) is 58.0 Å². The van der Waals surface area contributed by atoms with Gasteiger partial charge in [0.25, 0.3) is 0 Å². The van der Waals surface area contributed by atoms with Gasteiger partial charge in [0, 0.05) is 25.2 Å². The molecule has 1 saturated heterocycles. The van der Waals surface area contributed by atoms with Gasteiger partial charge in [-0.15, -0.1) is 0 Å². The third kappa shape index (κ3) is 4.10. The van der Waals surface area contributed by atoms with E-state index < -0.39 is 0 Å². The summed E-state index contributed by atoms with van der Waals surface area (Å²) in [5.74, 6) is 1.76. The molecule has 2 atom stereocenters. The molecule has 1 aliphatic heterocycles. The van der Waals surface area contributed by atoms with Crippen molar-refractivity contribution < 1.29 is 0 Å². The highest BCUT2D eigenvalue weighted by Crippen LogP contribution is 2.28. The Hall–Kier alpha value is -0.770. The number of likely N-dealkylation sites (tertiary alicyclic amines) is 1. The number of hydrogen-bond donors (Lipinski definition) is 2.